The number of carbonyl (C=O) groups excluding carboxylic acids is 3. The standard InChI is InChI=1S/C18H16N2O2.C16H16N2O3.C2HF3O2/c1-12(21)16-11-20(10-13-6-3-2-4-7-13)17-14(16)8-5-9-15(17)18(19)22;17-10-12-5-4-6-13(9-12)16(21)18(11-15(19)20)14-7-2-1-3-8-14;3-2(4,5)1(6)7/h2-9,11H,10H2,1H3,(H2,19,22);1-9H,10-11,17H2,(H,19,20);(H,6,7). The molecule has 50 heavy (non-hydrogen) atoms. The van der Waals surface area contributed by atoms with Gasteiger partial charge in [-0.2, -0.15) is 13.2 Å². The second kappa shape index (κ2) is 17.2. The first kappa shape index (κ1) is 38.2. The maximum Gasteiger partial charge on any atom is 0.490 e. The summed E-state index contributed by atoms with van der Waals surface area (Å²) >= 11 is 0. The molecule has 0 aliphatic heterocycles. The molecule has 0 aliphatic rings. The van der Waals surface area contributed by atoms with Crippen molar-refractivity contribution in [2.75, 3.05) is 11.4 Å². The van der Waals surface area contributed by atoms with Crippen LogP contribution < -0.4 is 16.4 Å². The summed E-state index contributed by atoms with van der Waals surface area (Å²) in [6.45, 7) is 2.04. The number of ketones is 1. The van der Waals surface area contributed by atoms with Gasteiger partial charge in [0.05, 0.1) is 11.1 Å². The van der Waals surface area contributed by atoms with Crippen LogP contribution in [0.3, 0.4) is 0 Å². The topological polar surface area (TPSA) is 186 Å². The van der Waals surface area contributed by atoms with Crippen LogP contribution in [0.25, 0.3) is 10.9 Å². The van der Waals surface area contributed by atoms with E-state index >= 15 is 0 Å². The summed E-state index contributed by atoms with van der Waals surface area (Å²) in [4.78, 5) is 57.3. The number of nitrogens with zero attached hydrogens (tertiary/aromatic N) is 2. The fraction of sp³-hybridized carbons (Fsp3) is 0.139. The quantitative estimate of drug-likeness (QED) is 0.146. The normalized spacial score (nSPS) is 10.6. The minimum Gasteiger partial charge on any atom is -0.480 e. The Kier molecular flexibility index (Phi) is 13.1. The van der Waals surface area contributed by atoms with E-state index in [-0.39, 0.29) is 11.7 Å². The number of carboxylic acid groups (broad SMARTS) is 2. The summed E-state index contributed by atoms with van der Waals surface area (Å²) in [5.74, 6) is -4.71. The lowest BCUT2D eigenvalue weighted by molar-refractivity contribution is -0.192. The molecular weight excluding hydrogens is 657 g/mol. The summed E-state index contributed by atoms with van der Waals surface area (Å²) < 4.78 is 33.7. The van der Waals surface area contributed by atoms with Crippen molar-refractivity contribution >= 4 is 46.1 Å². The van der Waals surface area contributed by atoms with Crippen LogP contribution in [-0.2, 0) is 22.7 Å². The fourth-order valence-corrected chi connectivity index (χ4v) is 4.76. The Labute approximate surface area is 284 Å². The highest BCUT2D eigenvalue weighted by atomic mass is 19.4. The number of benzene rings is 4. The molecule has 0 saturated heterocycles. The number of nitrogens with two attached hydrogens (primary N) is 2. The van der Waals surface area contributed by atoms with Crippen molar-refractivity contribution in [1.82, 2.24) is 4.57 Å². The van der Waals surface area contributed by atoms with Gasteiger partial charge < -0.3 is 26.2 Å². The van der Waals surface area contributed by atoms with Crippen LogP contribution >= 0.6 is 0 Å². The molecule has 0 bridgehead atoms. The number of hydrogen-bond acceptors (Lipinski definition) is 6. The zero-order chi connectivity index (χ0) is 37.0. The van der Waals surface area contributed by atoms with Crippen molar-refractivity contribution < 1.29 is 47.4 Å². The number of carboxylic acids is 2. The number of para-hydroxylation sites is 2. The first-order chi connectivity index (χ1) is 23.6. The third kappa shape index (κ3) is 10.4. The van der Waals surface area contributed by atoms with Crippen LogP contribution in [0.2, 0.25) is 0 Å². The largest absolute Gasteiger partial charge is 0.490 e. The highest BCUT2D eigenvalue weighted by Crippen LogP contribution is 2.26. The van der Waals surface area contributed by atoms with E-state index in [2.05, 4.69) is 0 Å². The number of Topliss-reactive ketones (excluding diaryl/α,β-unsaturated/α-hetero) is 1. The first-order valence-corrected chi connectivity index (χ1v) is 14.8. The molecule has 0 saturated carbocycles. The van der Waals surface area contributed by atoms with Crippen LogP contribution in [0.4, 0.5) is 18.9 Å². The van der Waals surface area contributed by atoms with E-state index in [4.69, 9.17) is 26.5 Å². The van der Waals surface area contributed by atoms with Gasteiger partial charge in [0.15, 0.2) is 5.78 Å². The molecular formula is C36H33F3N4O7. The van der Waals surface area contributed by atoms with Crippen LogP contribution in [-0.4, -0.2) is 57.0 Å². The molecule has 260 valence electrons. The van der Waals surface area contributed by atoms with Gasteiger partial charge in [-0.05, 0) is 48.4 Å². The Morgan fingerprint density at radius 2 is 1.34 bits per heavy atom. The molecule has 5 aromatic rings. The predicted octanol–water partition coefficient (Wildman–Crippen LogP) is 5.50. The molecule has 1 heterocycles. The van der Waals surface area contributed by atoms with Crippen LogP contribution in [0.5, 0.6) is 0 Å². The van der Waals surface area contributed by atoms with E-state index < -0.39 is 30.6 Å². The van der Waals surface area contributed by atoms with Gasteiger partial charge in [0, 0.05) is 41.5 Å². The maximum atomic E-state index is 12.6. The van der Waals surface area contributed by atoms with Crippen molar-refractivity contribution in [3.8, 4) is 0 Å². The molecule has 0 fully saturated rings. The summed E-state index contributed by atoms with van der Waals surface area (Å²) in [5.41, 5.74) is 15.7. The Morgan fingerprint density at radius 1 is 0.780 bits per heavy atom. The molecule has 4 aromatic carbocycles. The molecule has 0 aliphatic carbocycles. The minimum absolute atomic E-state index is 0.0292. The summed E-state index contributed by atoms with van der Waals surface area (Å²) in [5, 5.41) is 16.9. The van der Waals surface area contributed by atoms with Gasteiger partial charge in [-0.1, -0.05) is 72.8 Å². The van der Waals surface area contributed by atoms with E-state index in [1.165, 1.54) is 11.8 Å². The lowest BCUT2D eigenvalue weighted by Gasteiger charge is -2.21. The van der Waals surface area contributed by atoms with Gasteiger partial charge in [-0.3, -0.25) is 24.1 Å². The lowest BCUT2D eigenvalue weighted by atomic mass is 10.1. The predicted molar refractivity (Wildman–Crippen MR) is 180 cm³/mol. The van der Waals surface area contributed by atoms with Crippen molar-refractivity contribution in [3.63, 3.8) is 0 Å². The highest BCUT2D eigenvalue weighted by molar-refractivity contribution is 6.13. The van der Waals surface area contributed by atoms with E-state index in [1.54, 1.807) is 60.8 Å². The average molecular weight is 691 g/mol. The third-order valence-electron chi connectivity index (χ3n) is 7.00. The van der Waals surface area contributed by atoms with Crippen molar-refractivity contribution in [2.24, 2.45) is 11.5 Å². The lowest BCUT2D eigenvalue weighted by Crippen LogP contribution is -2.35. The van der Waals surface area contributed by atoms with E-state index in [9.17, 15) is 32.3 Å². The third-order valence-corrected chi connectivity index (χ3v) is 7.00. The molecule has 11 nitrogen and oxygen atoms in total. The summed E-state index contributed by atoms with van der Waals surface area (Å²) in [7, 11) is 0. The number of fused-ring (bicyclic) bond motifs is 1. The number of hydrogen-bond donors (Lipinski definition) is 4. The molecule has 0 radical (unpaired) electrons. The van der Waals surface area contributed by atoms with Crippen LogP contribution in [0.1, 0.15) is 49.1 Å². The second-order valence-corrected chi connectivity index (χ2v) is 10.6. The van der Waals surface area contributed by atoms with Crippen LogP contribution in [0.15, 0.2) is 109 Å². The number of primary amides is 1. The summed E-state index contributed by atoms with van der Waals surface area (Å²) in [6.07, 6.45) is -3.29. The Morgan fingerprint density at radius 3 is 1.86 bits per heavy atom. The number of amides is 2. The Balaban J connectivity index is 0.000000228. The Hall–Kier alpha value is -6.28. The van der Waals surface area contributed by atoms with Gasteiger partial charge in [0.25, 0.3) is 11.8 Å². The molecule has 14 heteroatoms. The van der Waals surface area contributed by atoms with Gasteiger partial charge in [0.2, 0.25) is 0 Å². The van der Waals surface area contributed by atoms with Gasteiger partial charge in [-0.25, -0.2) is 4.79 Å². The summed E-state index contributed by atoms with van der Waals surface area (Å²) in [6, 6.07) is 30.8. The van der Waals surface area contributed by atoms with E-state index in [1.807, 2.05) is 53.1 Å². The minimum atomic E-state index is -5.08. The molecule has 0 spiro atoms. The monoisotopic (exact) mass is 690 g/mol. The number of halogens is 3. The average Bonchev–Trinajstić information content (AvgIpc) is 3.46. The Bertz CT molecular complexity index is 1980. The van der Waals surface area contributed by atoms with Crippen molar-refractivity contribution in [3.05, 3.63) is 137 Å². The van der Waals surface area contributed by atoms with Crippen molar-refractivity contribution in [1.29, 1.82) is 0 Å². The smallest absolute Gasteiger partial charge is 0.480 e. The van der Waals surface area contributed by atoms with Crippen molar-refractivity contribution in [2.45, 2.75) is 26.2 Å². The number of alkyl halides is 3. The molecule has 6 N–H and O–H groups in total. The number of anilines is 1. The number of aromatic nitrogens is 1. The molecule has 2 amide bonds. The van der Waals surface area contributed by atoms with E-state index in [0.29, 0.717) is 41.0 Å². The molecule has 0 atom stereocenters. The molecule has 1 aromatic heterocycles. The zero-order valence-corrected chi connectivity index (χ0v) is 26.6. The van der Waals surface area contributed by atoms with Gasteiger partial charge in [-0.15, -0.1) is 0 Å². The van der Waals surface area contributed by atoms with Gasteiger partial charge in [0.1, 0.15) is 6.54 Å². The highest BCUT2D eigenvalue weighted by Gasteiger charge is 2.38. The van der Waals surface area contributed by atoms with Crippen LogP contribution in [0, 0.1) is 0 Å². The molecule has 0 unspecified atom stereocenters. The fourth-order valence-electron chi connectivity index (χ4n) is 4.76. The molecule has 5 rings (SSSR count). The number of aliphatic carboxylic acids is 2. The number of carbonyl (C=O) groups is 5. The SMILES string of the molecule is CC(=O)c1cn(Cc2ccccc2)c2c(C(N)=O)cccc12.NCc1cccc(C(=O)N(CC(=O)O)c2ccccc2)c1.O=C(O)C(F)(F)F. The first-order valence-electron chi connectivity index (χ1n) is 14.8. The maximum absolute atomic E-state index is 12.6. The second-order valence-electron chi connectivity index (χ2n) is 10.6. The number of rotatable bonds is 9. The van der Waals surface area contributed by atoms with Gasteiger partial charge >= 0.3 is 18.1 Å². The zero-order valence-electron chi connectivity index (χ0n) is 26.6. The van der Waals surface area contributed by atoms with E-state index in [0.717, 1.165) is 16.5 Å².